The highest BCUT2D eigenvalue weighted by Crippen LogP contribution is 2.32. The van der Waals surface area contributed by atoms with Gasteiger partial charge in [-0.1, -0.05) is 52.7 Å². The molecule has 2 aromatic carbocycles. The quantitative estimate of drug-likeness (QED) is 0.235. The van der Waals surface area contributed by atoms with Crippen LogP contribution in [0.4, 0.5) is 0 Å². The Balaban J connectivity index is 1.62. The van der Waals surface area contributed by atoms with Crippen LogP contribution < -0.4 is 14.9 Å². The Kier molecular flexibility index (Phi) is 7.51. The van der Waals surface area contributed by atoms with Crippen LogP contribution in [0.25, 0.3) is 17.4 Å². The van der Waals surface area contributed by atoms with Crippen LogP contribution in [-0.4, -0.2) is 16.6 Å². The Hall–Kier alpha value is -2.91. The average Bonchev–Trinajstić information content (AvgIpc) is 3.44. The molecule has 0 saturated carbocycles. The van der Waals surface area contributed by atoms with Gasteiger partial charge in [-0.25, -0.2) is 9.79 Å². The molecule has 0 N–H and O–H groups in total. The number of aromatic nitrogens is 1. The van der Waals surface area contributed by atoms with Gasteiger partial charge in [0.05, 0.1) is 33.0 Å². The van der Waals surface area contributed by atoms with Crippen molar-refractivity contribution in [1.29, 1.82) is 0 Å². The summed E-state index contributed by atoms with van der Waals surface area (Å²) in [5.74, 6) is 0.605. The summed E-state index contributed by atoms with van der Waals surface area (Å²) in [7, 11) is 0. The fraction of sp³-hybridized carbons (Fsp3) is 0.179. The van der Waals surface area contributed by atoms with Gasteiger partial charge in [0.2, 0.25) is 0 Å². The number of nitrogens with zero attached hydrogens (tertiary/aromatic N) is 2. The van der Waals surface area contributed by atoms with Crippen LogP contribution in [0.15, 0.2) is 84.5 Å². The van der Waals surface area contributed by atoms with Crippen molar-refractivity contribution >= 4 is 62.5 Å². The van der Waals surface area contributed by atoms with Crippen LogP contribution in [0.2, 0.25) is 10.0 Å². The molecular formula is C28H21BrCl2N2O4S. The van der Waals surface area contributed by atoms with Gasteiger partial charge in [-0.15, -0.1) is 0 Å². The maximum absolute atomic E-state index is 13.7. The van der Waals surface area contributed by atoms with E-state index >= 15 is 0 Å². The molecule has 0 saturated heterocycles. The highest BCUT2D eigenvalue weighted by Gasteiger charge is 2.33. The number of allylic oxidation sites excluding steroid dienone is 1. The molecule has 38 heavy (non-hydrogen) atoms. The first-order valence-corrected chi connectivity index (χ1v) is 14.0. The molecule has 0 spiro atoms. The Morgan fingerprint density at radius 2 is 1.89 bits per heavy atom. The van der Waals surface area contributed by atoms with Crippen molar-refractivity contribution in [2.45, 2.75) is 32.9 Å². The first-order valence-electron chi connectivity index (χ1n) is 11.7. The molecular weight excluding hydrogens is 611 g/mol. The van der Waals surface area contributed by atoms with Gasteiger partial charge in [0, 0.05) is 21.1 Å². The molecule has 0 unspecified atom stereocenters. The molecule has 194 valence electrons. The van der Waals surface area contributed by atoms with Crippen molar-refractivity contribution < 1.29 is 13.9 Å². The second-order valence-corrected chi connectivity index (χ2v) is 11.6. The lowest BCUT2D eigenvalue weighted by atomic mass is 9.96. The SMILES string of the molecule is CC1=C(C(=O)OC(C)C)[C@@H](c2ccc(Cl)cc2)n2c(s/c(=C\c3ccc(-c4ccc(Br)c(Cl)c4)o3)c2=O)=N1. The van der Waals surface area contributed by atoms with Gasteiger partial charge in [0.1, 0.15) is 11.5 Å². The number of fused-ring (bicyclic) bond motifs is 1. The summed E-state index contributed by atoms with van der Waals surface area (Å²) in [4.78, 5) is 32.0. The summed E-state index contributed by atoms with van der Waals surface area (Å²) >= 11 is 17.0. The monoisotopic (exact) mass is 630 g/mol. The minimum atomic E-state index is -0.714. The number of carbonyl (C=O) groups excluding carboxylic acids is 1. The molecule has 3 heterocycles. The normalized spacial score (nSPS) is 15.6. The first kappa shape index (κ1) is 26.7. The van der Waals surface area contributed by atoms with E-state index in [2.05, 4.69) is 20.9 Å². The minimum absolute atomic E-state index is 0.291. The van der Waals surface area contributed by atoms with E-state index in [0.29, 0.717) is 42.2 Å². The standard InChI is InChI=1S/C28H21BrCl2N2O4S/c1-14(2)36-27(35)24-15(3)32-28-33(25(24)16-4-7-18(30)8-5-16)26(34)23(38-28)13-19-9-11-22(37-19)17-6-10-20(29)21(31)12-17/h4-14,25H,1-3H3/b23-13-/t25-/m1/s1. The zero-order chi connectivity index (χ0) is 27.1. The Bertz CT molecular complexity index is 1770. The minimum Gasteiger partial charge on any atom is -0.459 e. The predicted octanol–water partition coefficient (Wildman–Crippen LogP) is 6.52. The number of esters is 1. The maximum atomic E-state index is 13.7. The third kappa shape index (κ3) is 5.18. The lowest BCUT2D eigenvalue weighted by Gasteiger charge is -2.25. The molecule has 1 atom stereocenters. The summed E-state index contributed by atoms with van der Waals surface area (Å²) in [6.07, 6.45) is 1.35. The molecule has 1 aliphatic heterocycles. The van der Waals surface area contributed by atoms with Gasteiger partial charge >= 0.3 is 5.97 Å². The maximum Gasteiger partial charge on any atom is 0.338 e. The average molecular weight is 632 g/mol. The third-order valence-electron chi connectivity index (χ3n) is 5.87. The molecule has 2 aromatic heterocycles. The number of halogens is 3. The van der Waals surface area contributed by atoms with Crippen LogP contribution in [0, 0.1) is 0 Å². The van der Waals surface area contributed by atoms with Crippen molar-refractivity contribution in [3.8, 4) is 11.3 Å². The van der Waals surface area contributed by atoms with Gasteiger partial charge in [-0.2, -0.15) is 0 Å². The van der Waals surface area contributed by atoms with Gasteiger partial charge in [-0.05, 0) is 78.7 Å². The zero-order valence-electron chi connectivity index (χ0n) is 20.5. The molecule has 4 aromatic rings. The van der Waals surface area contributed by atoms with E-state index in [1.807, 2.05) is 18.2 Å². The second-order valence-electron chi connectivity index (χ2n) is 8.92. The lowest BCUT2D eigenvalue weighted by molar-refractivity contribution is -0.143. The van der Waals surface area contributed by atoms with Gasteiger partial charge < -0.3 is 9.15 Å². The third-order valence-corrected chi connectivity index (χ3v) is 8.34. The van der Waals surface area contributed by atoms with Gasteiger partial charge in [0.15, 0.2) is 4.80 Å². The fourth-order valence-corrected chi connectivity index (χ4v) is 5.76. The van der Waals surface area contributed by atoms with Crippen LogP contribution in [-0.2, 0) is 9.53 Å². The smallest absolute Gasteiger partial charge is 0.338 e. The lowest BCUT2D eigenvalue weighted by Crippen LogP contribution is -2.40. The van der Waals surface area contributed by atoms with Crippen molar-refractivity contribution in [3.05, 3.63) is 111 Å². The number of thiazole rings is 1. The summed E-state index contributed by atoms with van der Waals surface area (Å²) in [6, 6.07) is 15.5. The number of benzene rings is 2. The van der Waals surface area contributed by atoms with Crippen LogP contribution in [0.3, 0.4) is 0 Å². The number of hydrogen-bond donors (Lipinski definition) is 0. The topological polar surface area (TPSA) is 73.8 Å². The van der Waals surface area contributed by atoms with Crippen LogP contribution in [0.5, 0.6) is 0 Å². The molecule has 6 nitrogen and oxygen atoms in total. The van der Waals surface area contributed by atoms with Crippen LogP contribution in [0.1, 0.15) is 38.1 Å². The Morgan fingerprint density at radius 3 is 2.58 bits per heavy atom. The molecule has 0 radical (unpaired) electrons. The summed E-state index contributed by atoms with van der Waals surface area (Å²) in [5, 5.41) is 1.12. The summed E-state index contributed by atoms with van der Waals surface area (Å²) < 4.78 is 14.3. The van der Waals surface area contributed by atoms with Crippen molar-refractivity contribution in [2.24, 2.45) is 4.99 Å². The molecule has 0 amide bonds. The molecule has 0 bridgehead atoms. The Morgan fingerprint density at radius 1 is 1.16 bits per heavy atom. The highest BCUT2D eigenvalue weighted by atomic mass is 79.9. The predicted molar refractivity (Wildman–Crippen MR) is 153 cm³/mol. The first-order chi connectivity index (χ1) is 18.1. The van der Waals surface area contributed by atoms with E-state index < -0.39 is 12.0 Å². The summed E-state index contributed by atoms with van der Waals surface area (Å²) in [6.45, 7) is 5.30. The molecule has 1 aliphatic rings. The van der Waals surface area contributed by atoms with E-state index in [9.17, 15) is 9.59 Å². The number of rotatable bonds is 5. The van der Waals surface area contributed by atoms with Crippen molar-refractivity contribution in [2.75, 3.05) is 0 Å². The molecule has 5 rings (SSSR count). The number of hydrogen-bond acceptors (Lipinski definition) is 6. The van der Waals surface area contributed by atoms with Gasteiger partial charge in [0.25, 0.3) is 5.56 Å². The van der Waals surface area contributed by atoms with Crippen LogP contribution >= 0.6 is 50.5 Å². The van der Waals surface area contributed by atoms with E-state index in [0.717, 1.165) is 15.6 Å². The Labute approximate surface area is 240 Å². The second kappa shape index (κ2) is 10.7. The molecule has 0 aliphatic carbocycles. The number of ether oxygens (including phenoxy) is 1. The zero-order valence-corrected chi connectivity index (χ0v) is 24.4. The molecule has 0 fully saturated rings. The van der Waals surface area contributed by atoms with Crippen molar-refractivity contribution in [3.63, 3.8) is 0 Å². The van der Waals surface area contributed by atoms with Gasteiger partial charge in [-0.3, -0.25) is 9.36 Å². The van der Waals surface area contributed by atoms with E-state index in [4.69, 9.17) is 32.4 Å². The van der Waals surface area contributed by atoms with E-state index in [-0.39, 0.29) is 11.7 Å². The largest absolute Gasteiger partial charge is 0.459 e. The fourth-order valence-electron chi connectivity index (χ4n) is 4.18. The summed E-state index contributed by atoms with van der Waals surface area (Å²) in [5.41, 5.74) is 2.05. The van der Waals surface area contributed by atoms with E-state index in [1.54, 1.807) is 63.2 Å². The highest BCUT2D eigenvalue weighted by molar-refractivity contribution is 9.10. The van der Waals surface area contributed by atoms with E-state index in [1.165, 1.54) is 15.9 Å². The number of furan rings is 1. The number of carbonyl (C=O) groups is 1. The van der Waals surface area contributed by atoms with Crippen molar-refractivity contribution in [1.82, 2.24) is 4.57 Å². The molecule has 10 heteroatoms.